The molecule has 3 N–H and O–H groups in total. The van der Waals surface area contributed by atoms with Gasteiger partial charge in [0, 0.05) is 12.6 Å². The van der Waals surface area contributed by atoms with E-state index in [0.29, 0.717) is 6.04 Å². The summed E-state index contributed by atoms with van der Waals surface area (Å²) < 4.78 is 0. The maximum atomic E-state index is 6.04. The van der Waals surface area contributed by atoms with E-state index < -0.39 is 0 Å². The Hall–Kier alpha value is -0.0800. The number of hydrogen-bond donors (Lipinski definition) is 2. The second kappa shape index (κ2) is 3.75. The third kappa shape index (κ3) is 1.80. The van der Waals surface area contributed by atoms with Crippen molar-refractivity contribution in [1.29, 1.82) is 0 Å². The molecule has 1 aliphatic heterocycles. The van der Waals surface area contributed by atoms with Gasteiger partial charge in [-0.15, -0.1) is 0 Å². The van der Waals surface area contributed by atoms with Crippen molar-refractivity contribution in [1.82, 2.24) is 5.32 Å². The third-order valence-corrected chi connectivity index (χ3v) is 3.54. The van der Waals surface area contributed by atoms with Gasteiger partial charge in [-0.05, 0) is 31.2 Å². The lowest BCUT2D eigenvalue weighted by atomic mass is 9.75. The van der Waals surface area contributed by atoms with Crippen LogP contribution in [0.2, 0.25) is 0 Å². The molecule has 0 amide bonds. The van der Waals surface area contributed by atoms with Gasteiger partial charge in [-0.1, -0.05) is 19.3 Å². The van der Waals surface area contributed by atoms with Crippen LogP contribution in [0.15, 0.2) is 0 Å². The van der Waals surface area contributed by atoms with Crippen LogP contribution in [-0.2, 0) is 0 Å². The molecule has 70 valence electrons. The summed E-state index contributed by atoms with van der Waals surface area (Å²) in [6.45, 7) is 2.22. The van der Waals surface area contributed by atoms with E-state index in [9.17, 15) is 0 Å². The molecule has 2 nitrogen and oxygen atoms in total. The molecule has 2 aliphatic rings. The first-order valence-corrected chi connectivity index (χ1v) is 5.32. The highest BCUT2D eigenvalue weighted by Crippen LogP contribution is 2.34. The summed E-state index contributed by atoms with van der Waals surface area (Å²) in [5.41, 5.74) is 6.04. The van der Waals surface area contributed by atoms with Gasteiger partial charge >= 0.3 is 0 Å². The normalized spacial score (nSPS) is 37.8. The molecule has 2 fully saturated rings. The van der Waals surface area contributed by atoms with Gasteiger partial charge < -0.3 is 11.1 Å². The highest BCUT2D eigenvalue weighted by Gasteiger charge is 2.27. The van der Waals surface area contributed by atoms with E-state index in [4.69, 9.17) is 5.73 Å². The number of piperidine rings is 1. The fourth-order valence-corrected chi connectivity index (χ4v) is 2.39. The van der Waals surface area contributed by atoms with Crippen molar-refractivity contribution >= 4 is 0 Å². The predicted octanol–water partition coefficient (Wildman–Crippen LogP) is 1.11. The average molecular weight is 168 g/mol. The Labute approximate surface area is 74.9 Å². The molecule has 2 rings (SSSR count). The van der Waals surface area contributed by atoms with Crippen molar-refractivity contribution < 1.29 is 0 Å². The first-order chi connectivity index (χ1) is 5.86. The molecule has 0 bridgehead atoms. The molecule has 2 atom stereocenters. The first-order valence-electron chi connectivity index (χ1n) is 5.32. The Morgan fingerprint density at radius 3 is 2.67 bits per heavy atom. The van der Waals surface area contributed by atoms with Crippen molar-refractivity contribution in [3.8, 4) is 0 Å². The van der Waals surface area contributed by atoms with Crippen molar-refractivity contribution in [2.45, 2.75) is 38.1 Å². The van der Waals surface area contributed by atoms with Crippen LogP contribution in [0.25, 0.3) is 0 Å². The summed E-state index contributed by atoms with van der Waals surface area (Å²) in [6.07, 6.45) is 7.11. The Morgan fingerprint density at radius 2 is 2.08 bits per heavy atom. The maximum absolute atomic E-state index is 6.04. The molecule has 0 aromatic rings. The van der Waals surface area contributed by atoms with E-state index in [1.807, 2.05) is 0 Å². The van der Waals surface area contributed by atoms with Gasteiger partial charge in [-0.25, -0.2) is 0 Å². The van der Waals surface area contributed by atoms with Gasteiger partial charge in [0.1, 0.15) is 0 Å². The number of rotatable bonds is 2. The van der Waals surface area contributed by atoms with Crippen LogP contribution in [0.3, 0.4) is 0 Å². The molecule has 1 saturated heterocycles. The summed E-state index contributed by atoms with van der Waals surface area (Å²) in [5.74, 6) is 1.84. The van der Waals surface area contributed by atoms with Crippen LogP contribution in [0, 0.1) is 11.8 Å². The Kier molecular flexibility index (Phi) is 2.66. The highest BCUT2D eigenvalue weighted by atomic mass is 14.9. The van der Waals surface area contributed by atoms with E-state index in [1.54, 1.807) is 0 Å². The summed E-state index contributed by atoms with van der Waals surface area (Å²) in [5, 5.41) is 3.35. The Morgan fingerprint density at radius 1 is 1.25 bits per heavy atom. The van der Waals surface area contributed by atoms with Crippen LogP contribution in [0.4, 0.5) is 0 Å². The highest BCUT2D eigenvalue weighted by molar-refractivity contribution is 4.84. The van der Waals surface area contributed by atoms with Gasteiger partial charge in [0.15, 0.2) is 0 Å². The molecular weight excluding hydrogens is 148 g/mol. The minimum absolute atomic E-state index is 0.430. The van der Waals surface area contributed by atoms with Crippen LogP contribution in [-0.4, -0.2) is 19.1 Å². The molecule has 1 saturated carbocycles. The van der Waals surface area contributed by atoms with Gasteiger partial charge in [-0.3, -0.25) is 0 Å². The average Bonchev–Trinajstić information content (AvgIpc) is 2.00. The summed E-state index contributed by atoms with van der Waals surface area (Å²) in [4.78, 5) is 0. The second-order valence-electron chi connectivity index (χ2n) is 4.45. The van der Waals surface area contributed by atoms with Gasteiger partial charge in [0.2, 0.25) is 0 Å². The first kappa shape index (κ1) is 8.52. The second-order valence-corrected chi connectivity index (χ2v) is 4.45. The van der Waals surface area contributed by atoms with Gasteiger partial charge in [0.05, 0.1) is 0 Å². The molecule has 0 radical (unpaired) electrons. The summed E-state index contributed by atoms with van der Waals surface area (Å²) in [7, 11) is 0. The minimum atomic E-state index is 0.430. The standard InChI is InChI=1S/C10H20N2/c11-10-7-12-5-4-9(10)6-8-2-1-3-8/h8-10,12H,1-7,11H2. The fourth-order valence-electron chi connectivity index (χ4n) is 2.39. The van der Waals surface area contributed by atoms with Crippen LogP contribution < -0.4 is 11.1 Å². The zero-order valence-corrected chi connectivity index (χ0v) is 7.76. The lowest BCUT2D eigenvalue weighted by Gasteiger charge is -2.35. The van der Waals surface area contributed by atoms with E-state index in [1.165, 1.54) is 38.6 Å². The predicted molar refractivity (Wildman–Crippen MR) is 50.9 cm³/mol. The zero-order chi connectivity index (χ0) is 8.39. The molecular formula is C10H20N2. The van der Waals surface area contributed by atoms with Crippen LogP contribution >= 0.6 is 0 Å². The van der Waals surface area contributed by atoms with Crippen LogP contribution in [0.1, 0.15) is 32.1 Å². The lowest BCUT2D eigenvalue weighted by Crippen LogP contribution is -2.46. The number of hydrogen-bond acceptors (Lipinski definition) is 2. The lowest BCUT2D eigenvalue weighted by molar-refractivity contribution is 0.203. The van der Waals surface area contributed by atoms with E-state index in [0.717, 1.165) is 18.4 Å². The SMILES string of the molecule is NC1CNCCC1CC1CCC1. The topological polar surface area (TPSA) is 38.0 Å². The number of nitrogens with one attached hydrogen (secondary N) is 1. The third-order valence-electron chi connectivity index (χ3n) is 3.54. The molecule has 1 aliphatic carbocycles. The molecule has 1 heterocycles. The fraction of sp³-hybridized carbons (Fsp3) is 1.00. The smallest absolute Gasteiger partial charge is 0.0194 e. The van der Waals surface area contributed by atoms with E-state index in [-0.39, 0.29) is 0 Å². The Bertz CT molecular complexity index is 143. The molecule has 0 aromatic heterocycles. The van der Waals surface area contributed by atoms with Crippen LogP contribution in [0.5, 0.6) is 0 Å². The van der Waals surface area contributed by atoms with Crippen molar-refractivity contribution in [3.05, 3.63) is 0 Å². The van der Waals surface area contributed by atoms with Crippen molar-refractivity contribution in [3.63, 3.8) is 0 Å². The minimum Gasteiger partial charge on any atom is -0.326 e. The molecule has 2 heteroatoms. The molecule has 0 aromatic carbocycles. The van der Waals surface area contributed by atoms with E-state index in [2.05, 4.69) is 5.32 Å². The number of nitrogens with two attached hydrogens (primary N) is 1. The largest absolute Gasteiger partial charge is 0.326 e. The maximum Gasteiger partial charge on any atom is 0.0194 e. The van der Waals surface area contributed by atoms with E-state index >= 15 is 0 Å². The van der Waals surface area contributed by atoms with Gasteiger partial charge in [0.25, 0.3) is 0 Å². The van der Waals surface area contributed by atoms with Crippen molar-refractivity contribution in [2.75, 3.05) is 13.1 Å². The summed E-state index contributed by atoms with van der Waals surface area (Å²) >= 11 is 0. The van der Waals surface area contributed by atoms with Crippen molar-refractivity contribution in [2.24, 2.45) is 17.6 Å². The molecule has 12 heavy (non-hydrogen) atoms. The summed E-state index contributed by atoms with van der Waals surface area (Å²) in [6, 6.07) is 0.430. The van der Waals surface area contributed by atoms with Gasteiger partial charge in [-0.2, -0.15) is 0 Å². The molecule has 0 spiro atoms. The molecule has 2 unspecified atom stereocenters. The monoisotopic (exact) mass is 168 g/mol. The zero-order valence-electron chi connectivity index (χ0n) is 7.76. The Balaban J connectivity index is 1.76. The quantitative estimate of drug-likeness (QED) is 0.648.